The van der Waals surface area contributed by atoms with E-state index >= 15 is 0 Å². The van der Waals surface area contributed by atoms with Crippen LogP contribution in [-0.4, -0.2) is 63.1 Å². The molecule has 0 unspecified atom stereocenters. The van der Waals surface area contributed by atoms with E-state index in [1.165, 1.54) is 31.4 Å². The van der Waals surface area contributed by atoms with E-state index in [1.807, 2.05) is 0 Å². The molecule has 0 saturated carbocycles. The second kappa shape index (κ2) is 8.71. The number of ether oxygens (including phenoxy) is 1. The molecule has 1 N–H and O–H groups in total. The van der Waals surface area contributed by atoms with Crippen LogP contribution in [0.15, 0.2) is 36.8 Å². The van der Waals surface area contributed by atoms with Crippen LogP contribution in [0, 0.1) is 0 Å². The van der Waals surface area contributed by atoms with Gasteiger partial charge in [0.25, 0.3) is 15.9 Å². The van der Waals surface area contributed by atoms with E-state index in [-0.39, 0.29) is 18.7 Å². The van der Waals surface area contributed by atoms with Gasteiger partial charge in [0.15, 0.2) is 12.0 Å². The number of nitrogens with zero attached hydrogens (tertiary/aromatic N) is 6. The molecule has 166 valence electrons. The Bertz CT molecular complexity index is 1140. The van der Waals surface area contributed by atoms with Crippen LogP contribution in [0.2, 0.25) is 0 Å². The lowest BCUT2D eigenvalue weighted by atomic mass is 10.2. The van der Waals surface area contributed by atoms with Gasteiger partial charge in [0.05, 0.1) is 30.3 Å². The molecule has 0 aliphatic rings. The standard InChI is InChI=1S/C16H16F3N7O4S/c1-30-12-5-3-11(4-6-12)26-14(16(17,18)19)13(9-22-26)15(27)20-7-2-8-31(28,29)25-10-21-23-24-25/h3-6,9-10H,2,7-8H2,1H3,(H,20,27). The minimum absolute atomic E-state index is 0.0676. The summed E-state index contributed by atoms with van der Waals surface area (Å²) in [6.07, 6.45) is -3.23. The summed E-state index contributed by atoms with van der Waals surface area (Å²) in [5.74, 6) is -1.01. The molecule has 3 rings (SSSR count). The summed E-state index contributed by atoms with van der Waals surface area (Å²) in [4.78, 5) is 12.3. The van der Waals surface area contributed by atoms with E-state index in [0.29, 0.717) is 14.5 Å². The highest BCUT2D eigenvalue weighted by Crippen LogP contribution is 2.33. The summed E-state index contributed by atoms with van der Waals surface area (Å²) in [6, 6.07) is 5.66. The van der Waals surface area contributed by atoms with E-state index in [0.717, 1.165) is 12.5 Å². The van der Waals surface area contributed by atoms with Crippen LogP contribution in [0.4, 0.5) is 13.2 Å². The fourth-order valence-electron chi connectivity index (χ4n) is 2.63. The molecule has 1 amide bonds. The van der Waals surface area contributed by atoms with Crippen LogP contribution in [0.5, 0.6) is 5.75 Å². The maximum Gasteiger partial charge on any atom is 0.434 e. The molecule has 2 heterocycles. The molecule has 0 saturated heterocycles. The van der Waals surface area contributed by atoms with Crippen LogP contribution >= 0.6 is 0 Å². The first-order chi connectivity index (χ1) is 14.6. The minimum Gasteiger partial charge on any atom is -0.497 e. The Morgan fingerprint density at radius 3 is 2.52 bits per heavy atom. The molecule has 1 aromatic carbocycles. The highest BCUT2D eigenvalue weighted by molar-refractivity contribution is 7.89. The number of carbonyl (C=O) groups excluding carboxylic acids is 1. The van der Waals surface area contributed by atoms with Gasteiger partial charge < -0.3 is 10.1 Å². The quantitative estimate of drug-likeness (QED) is 0.491. The predicted octanol–water partition coefficient (Wildman–Crippen LogP) is 0.884. The normalized spacial score (nSPS) is 12.0. The summed E-state index contributed by atoms with van der Waals surface area (Å²) in [5, 5.41) is 15.7. The fraction of sp³-hybridized carbons (Fsp3) is 0.312. The number of hydrogen-bond acceptors (Lipinski definition) is 8. The van der Waals surface area contributed by atoms with Crippen molar-refractivity contribution in [1.82, 2.24) is 34.7 Å². The third-order valence-corrected chi connectivity index (χ3v) is 5.62. The molecule has 0 spiro atoms. The van der Waals surface area contributed by atoms with Gasteiger partial charge >= 0.3 is 6.18 Å². The largest absolute Gasteiger partial charge is 0.497 e. The first kappa shape index (κ1) is 22.2. The second-order valence-electron chi connectivity index (χ2n) is 6.12. The number of rotatable bonds is 8. The van der Waals surface area contributed by atoms with Crippen molar-refractivity contribution in [3.63, 3.8) is 0 Å². The summed E-state index contributed by atoms with van der Waals surface area (Å²) < 4.78 is 71.0. The maximum absolute atomic E-state index is 13.7. The van der Waals surface area contributed by atoms with Crippen LogP contribution in [0.1, 0.15) is 22.5 Å². The van der Waals surface area contributed by atoms with Crippen LogP contribution in [0.3, 0.4) is 0 Å². The molecule has 0 radical (unpaired) electrons. The molecule has 11 nitrogen and oxygen atoms in total. The van der Waals surface area contributed by atoms with Gasteiger partial charge in [-0.3, -0.25) is 4.79 Å². The molecular formula is C16H16F3N7O4S. The Labute approximate surface area is 173 Å². The molecule has 15 heteroatoms. The Balaban J connectivity index is 1.73. The van der Waals surface area contributed by atoms with Crippen molar-refractivity contribution in [2.24, 2.45) is 0 Å². The lowest BCUT2D eigenvalue weighted by molar-refractivity contribution is -0.143. The average molecular weight is 459 g/mol. The second-order valence-corrected chi connectivity index (χ2v) is 8.07. The van der Waals surface area contributed by atoms with Gasteiger partial charge in [0.2, 0.25) is 0 Å². The summed E-state index contributed by atoms with van der Waals surface area (Å²) in [6.45, 7) is -0.189. The topological polar surface area (TPSA) is 134 Å². The smallest absolute Gasteiger partial charge is 0.434 e. The van der Waals surface area contributed by atoms with Crippen molar-refractivity contribution < 1.29 is 31.1 Å². The molecular weight excluding hydrogens is 443 g/mol. The molecule has 31 heavy (non-hydrogen) atoms. The molecule has 2 aromatic heterocycles. The molecule has 0 fully saturated rings. The van der Waals surface area contributed by atoms with Gasteiger partial charge in [-0.25, -0.2) is 13.1 Å². The first-order valence-corrected chi connectivity index (χ1v) is 10.3. The van der Waals surface area contributed by atoms with Gasteiger partial charge in [-0.2, -0.15) is 18.3 Å². The zero-order valence-electron chi connectivity index (χ0n) is 15.9. The van der Waals surface area contributed by atoms with E-state index in [9.17, 15) is 26.4 Å². The van der Waals surface area contributed by atoms with Crippen molar-refractivity contribution in [3.8, 4) is 11.4 Å². The highest BCUT2D eigenvalue weighted by Gasteiger charge is 2.40. The maximum atomic E-state index is 13.7. The molecule has 0 aliphatic heterocycles. The number of alkyl halides is 3. The van der Waals surface area contributed by atoms with E-state index in [4.69, 9.17) is 4.74 Å². The highest BCUT2D eigenvalue weighted by atomic mass is 32.2. The zero-order valence-corrected chi connectivity index (χ0v) is 16.8. The Morgan fingerprint density at radius 2 is 1.94 bits per heavy atom. The molecule has 0 atom stereocenters. The van der Waals surface area contributed by atoms with Crippen molar-refractivity contribution in [3.05, 3.63) is 48.0 Å². The zero-order chi connectivity index (χ0) is 22.6. The van der Waals surface area contributed by atoms with Crippen molar-refractivity contribution >= 4 is 15.9 Å². The predicted molar refractivity (Wildman–Crippen MR) is 99.1 cm³/mol. The molecule has 0 aliphatic carbocycles. The van der Waals surface area contributed by atoms with E-state index in [1.54, 1.807) is 0 Å². The number of nitrogens with one attached hydrogen (secondary N) is 1. The summed E-state index contributed by atoms with van der Waals surface area (Å²) in [7, 11) is -2.41. The number of benzene rings is 1. The van der Waals surface area contributed by atoms with Gasteiger partial charge in [-0.1, -0.05) is 0 Å². The number of methoxy groups -OCH3 is 1. The summed E-state index contributed by atoms with van der Waals surface area (Å²) >= 11 is 0. The number of carbonyl (C=O) groups is 1. The number of tetrazole rings is 1. The van der Waals surface area contributed by atoms with Crippen LogP contribution in [-0.2, 0) is 16.2 Å². The number of amides is 1. The number of halogens is 3. The minimum atomic E-state index is -4.87. The van der Waals surface area contributed by atoms with Gasteiger partial charge in [-0.15, -0.1) is 9.19 Å². The van der Waals surface area contributed by atoms with Crippen molar-refractivity contribution in [2.75, 3.05) is 19.4 Å². The van der Waals surface area contributed by atoms with Crippen LogP contribution < -0.4 is 10.1 Å². The van der Waals surface area contributed by atoms with Gasteiger partial charge in [-0.05, 0) is 41.1 Å². The summed E-state index contributed by atoms with van der Waals surface area (Å²) in [5.41, 5.74) is -1.86. The fourth-order valence-corrected chi connectivity index (χ4v) is 3.66. The van der Waals surface area contributed by atoms with E-state index in [2.05, 4.69) is 25.9 Å². The monoisotopic (exact) mass is 459 g/mol. The van der Waals surface area contributed by atoms with E-state index < -0.39 is 39.1 Å². The number of hydrogen-bond donors (Lipinski definition) is 1. The Hall–Kier alpha value is -3.49. The first-order valence-electron chi connectivity index (χ1n) is 8.67. The molecule has 0 bridgehead atoms. The lowest BCUT2D eigenvalue weighted by Gasteiger charge is -2.13. The average Bonchev–Trinajstić information content (AvgIpc) is 3.41. The molecule has 3 aromatic rings. The third-order valence-electron chi connectivity index (χ3n) is 4.08. The number of aromatic nitrogens is 6. The van der Waals surface area contributed by atoms with Crippen molar-refractivity contribution in [1.29, 1.82) is 0 Å². The Kier molecular flexibility index (Phi) is 6.24. The SMILES string of the molecule is COc1ccc(-n2ncc(C(=O)NCCCS(=O)(=O)n3cnnn3)c2C(F)(F)F)cc1. The third kappa shape index (κ3) is 4.99. The van der Waals surface area contributed by atoms with Gasteiger partial charge in [0, 0.05) is 6.54 Å². The van der Waals surface area contributed by atoms with Crippen molar-refractivity contribution in [2.45, 2.75) is 12.6 Å². The Morgan fingerprint density at radius 1 is 1.23 bits per heavy atom. The van der Waals surface area contributed by atoms with Gasteiger partial charge in [0.1, 0.15) is 5.75 Å². The lowest BCUT2D eigenvalue weighted by Crippen LogP contribution is -2.29. The van der Waals surface area contributed by atoms with Crippen LogP contribution in [0.25, 0.3) is 5.69 Å².